The molecule has 1 aromatic carbocycles. The van der Waals surface area contributed by atoms with Gasteiger partial charge in [0.1, 0.15) is 17.6 Å². The number of rotatable bonds is 13. The van der Waals surface area contributed by atoms with Crippen molar-refractivity contribution < 1.29 is 29.0 Å². The Morgan fingerprint density at radius 2 is 1.82 bits per heavy atom. The van der Waals surface area contributed by atoms with Gasteiger partial charge in [-0.05, 0) is 63.8 Å². The Bertz CT molecular complexity index is 1130. The summed E-state index contributed by atoms with van der Waals surface area (Å²) >= 11 is 0. The van der Waals surface area contributed by atoms with Crippen molar-refractivity contribution in [1.82, 2.24) is 4.90 Å². The summed E-state index contributed by atoms with van der Waals surface area (Å²) in [5.74, 6) is -3.00. The zero-order valence-corrected chi connectivity index (χ0v) is 24.2. The smallest absolute Gasteiger partial charge is 0.312 e. The molecule has 3 unspecified atom stereocenters. The van der Waals surface area contributed by atoms with E-state index in [1.807, 2.05) is 38.1 Å². The van der Waals surface area contributed by atoms with Crippen LogP contribution in [0.2, 0.25) is 0 Å². The minimum atomic E-state index is -1.21. The van der Waals surface area contributed by atoms with Crippen molar-refractivity contribution in [2.45, 2.75) is 57.8 Å². The number of nitrogens with zero attached hydrogens (tertiary/aromatic N) is 3. The third kappa shape index (κ3) is 4.63. The quantitative estimate of drug-likeness (QED) is 0.228. The number of benzene rings is 1. The molecule has 0 aliphatic carbocycles. The van der Waals surface area contributed by atoms with Gasteiger partial charge in [0, 0.05) is 37.6 Å². The van der Waals surface area contributed by atoms with Crippen molar-refractivity contribution in [3.8, 4) is 0 Å². The molecule has 1 aromatic rings. The maximum Gasteiger partial charge on any atom is 0.312 e. The van der Waals surface area contributed by atoms with Crippen molar-refractivity contribution >= 4 is 29.2 Å². The molecular formula is C31H43N3O6. The number of ether oxygens (including phenoxy) is 2. The zero-order valence-electron chi connectivity index (χ0n) is 24.2. The monoisotopic (exact) mass is 553 g/mol. The molecule has 0 aromatic heterocycles. The van der Waals surface area contributed by atoms with E-state index in [1.165, 1.54) is 4.90 Å². The molecule has 3 fully saturated rings. The average Bonchev–Trinajstić information content (AvgIpc) is 3.45. The van der Waals surface area contributed by atoms with E-state index in [0.29, 0.717) is 18.5 Å². The second-order valence-corrected chi connectivity index (χ2v) is 11.1. The molecule has 3 saturated heterocycles. The molecule has 1 N–H and O–H groups in total. The summed E-state index contributed by atoms with van der Waals surface area (Å²) in [6.45, 7) is 17.3. The maximum atomic E-state index is 14.5. The third-order valence-corrected chi connectivity index (χ3v) is 9.08. The number of hydrogen-bond donors (Lipinski definition) is 1. The van der Waals surface area contributed by atoms with Crippen LogP contribution in [0.25, 0.3) is 0 Å². The van der Waals surface area contributed by atoms with Crippen molar-refractivity contribution in [3.63, 3.8) is 0 Å². The lowest BCUT2D eigenvalue weighted by Gasteiger charge is -2.37. The summed E-state index contributed by atoms with van der Waals surface area (Å²) in [6, 6.07) is 6.75. The summed E-state index contributed by atoms with van der Waals surface area (Å²) in [6.07, 6.45) is 4.25. The van der Waals surface area contributed by atoms with Crippen LogP contribution in [0.1, 0.15) is 40.5 Å². The Labute approximate surface area is 237 Å². The van der Waals surface area contributed by atoms with E-state index in [1.54, 1.807) is 17.1 Å². The van der Waals surface area contributed by atoms with E-state index in [9.17, 15) is 19.5 Å². The number of aliphatic hydroxyl groups excluding tert-OH is 1. The van der Waals surface area contributed by atoms with Crippen LogP contribution in [0.15, 0.2) is 49.6 Å². The maximum absolute atomic E-state index is 14.5. The highest BCUT2D eigenvalue weighted by molar-refractivity contribution is 6.05. The van der Waals surface area contributed by atoms with Crippen LogP contribution >= 0.6 is 0 Å². The summed E-state index contributed by atoms with van der Waals surface area (Å²) in [4.78, 5) is 47.1. The van der Waals surface area contributed by atoms with Gasteiger partial charge in [-0.3, -0.25) is 14.4 Å². The number of amides is 2. The molecule has 9 nitrogen and oxygen atoms in total. The van der Waals surface area contributed by atoms with Crippen LogP contribution in [-0.2, 0) is 23.9 Å². The Balaban J connectivity index is 1.74. The van der Waals surface area contributed by atoms with Crippen LogP contribution in [0.3, 0.4) is 0 Å². The van der Waals surface area contributed by atoms with Crippen molar-refractivity contribution in [2.24, 2.45) is 17.8 Å². The first-order valence-electron chi connectivity index (χ1n) is 14.3. The summed E-state index contributed by atoms with van der Waals surface area (Å²) in [5.41, 5.74) is -0.442. The SMILES string of the molecule is C=CCCOC(=O)[C@H]1[C@H]2C(=O)N(CCO)C(C(=O)N(CC=C)c3ccc(N(CC)CC)cc3)C23CC(C)[C@]1(C)O3. The molecule has 40 heavy (non-hydrogen) atoms. The molecule has 3 aliphatic heterocycles. The number of likely N-dealkylation sites (tertiary alicyclic amines) is 1. The molecule has 1 spiro atoms. The predicted molar refractivity (Wildman–Crippen MR) is 154 cm³/mol. The summed E-state index contributed by atoms with van der Waals surface area (Å²) < 4.78 is 12.3. The van der Waals surface area contributed by atoms with Crippen molar-refractivity contribution in [1.29, 1.82) is 0 Å². The van der Waals surface area contributed by atoms with Gasteiger partial charge in [0.2, 0.25) is 5.91 Å². The first kappa shape index (κ1) is 29.8. The van der Waals surface area contributed by atoms with E-state index in [-0.39, 0.29) is 44.0 Å². The average molecular weight is 554 g/mol. The van der Waals surface area contributed by atoms with Gasteiger partial charge >= 0.3 is 5.97 Å². The highest BCUT2D eigenvalue weighted by atomic mass is 16.6. The molecule has 3 aliphatic rings. The van der Waals surface area contributed by atoms with Gasteiger partial charge in [-0.1, -0.05) is 19.1 Å². The second-order valence-electron chi connectivity index (χ2n) is 11.1. The summed E-state index contributed by atoms with van der Waals surface area (Å²) in [5, 5.41) is 9.90. The molecular weight excluding hydrogens is 510 g/mol. The fourth-order valence-corrected chi connectivity index (χ4v) is 7.09. The Kier molecular flexibility index (Phi) is 8.75. The molecule has 0 radical (unpaired) electrons. The minimum Gasteiger partial charge on any atom is -0.465 e. The van der Waals surface area contributed by atoms with Crippen LogP contribution in [0.4, 0.5) is 11.4 Å². The highest BCUT2D eigenvalue weighted by Gasteiger charge is 2.80. The highest BCUT2D eigenvalue weighted by Crippen LogP contribution is 2.65. The first-order chi connectivity index (χ1) is 19.1. The number of hydrogen-bond acceptors (Lipinski definition) is 7. The van der Waals surface area contributed by atoms with E-state index in [2.05, 4.69) is 31.9 Å². The van der Waals surface area contributed by atoms with Crippen molar-refractivity contribution in [3.05, 3.63) is 49.6 Å². The van der Waals surface area contributed by atoms with Crippen LogP contribution in [0, 0.1) is 17.8 Å². The molecule has 4 rings (SSSR count). The molecule has 9 heteroatoms. The lowest BCUT2D eigenvalue weighted by molar-refractivity contribution is -0.161. The fraction of sp³-hybridized carbons (Fsp3) is 0.581. The van der Waals surface area contributed by atoms with E-state index in [4.69, 9.17) is 9.47 Å². The van der Waals surface area contributed by atoms with Gasteiger partial charge in [-0.2, -0.15) is 0 Å². The molecule has 3 heterocycles. The number of aliphatic hydroxyl groups is 1. The van der Waals surface area contributed by atoms with Crippen LogP contribution in [0.5, 0.6) is 0 Å². The van der Waals surface area contributed by atoms with Gasteiger partial charge in [-0.25, -0.2) is 0 Å². The number of fused-ring (bicyclic) bond motifs is 1. The Hall–Kier alpha value is -3.17. The molecule has 218 valence electrons. The van der Waals surface area contributed by atoms with Gasteiger partial charge in [0.05, 0.1) is 24.7 Å². The largest absolute Gasteiger partial charge is 0.465 e. The van der Waals surface area contributed by atoms with Gasteiger partial charge in [-0.15, -0.1) is 13.2 Å². The fourth-order valence-electron chi connectivity index (χ4n) is 7.09. The third-order valence-electron chi connectivity index (χ3n) is 9.08. The van der Waals surface area contributed by atoms with Gasteiger partial charge in [0.25, 0.3) is 5.91 Å². The van der Waals surface area contributed by atoms with E-state index in [0.717, 1.165) is 18.8 Å². The number of carbonyl (C=O) groups excluding carboxylic acids is 3. The number of anilines is 2. The topological polar surface area (TPSA) is 99.6 Å². The molecule has 2 bridgehead atoms. The number of esters is 1. The zero-order chi connectivity index (χ0) is 29.2. The predicted octanol–water partition coefficient (Wildman–Crippen LogP) is 3.17. The molecule has 2 amide bonds. The number of carbonyl (C=O) groups is 3. The number of β-amino-alcohol motifs (C(OH)–C–C–N with tert-alkyl or cyclic N) is 1. The van der Waals surface area contributed by atoms with Crippen LogP contribution < -0.4 is 9.80 Å². The normalized spacial score (nSPS) is 30.2. The second kappa shape index (κ2) is 11.7. The lowest BCUT2D eigenvalue weighted by atomic mass is 9.62. The van der Waals surface area contributed by atoms with E-state index >= 15 is 0 Å². The van der Waals surface area contributed by atoms with Gasteiger partial charge < -0.3 is 29.3 Å². The minimum absolute atomic E-state index is 0.0387. The molecule has 6 atom stereocenters. The Morgan fingerprint density at radius 1 is 1.18 bits per heavy atom. The lowest BCUT2D eigenvalue weighted by Crippen LogP contribution is -2.57. The van der Waals surface area contributed by atoms with Crippen LogP contribution in [-0.4, -0.2) is 84.4 Å². The molecule has 0 saturated carbocycles. The van der Waals surface area contributed by atoms with Crippen molar-refractivity contribution in [2.75, 3.05) is 49.2 Å². The Morgan fingerprint density at radius 3 is 2.40 bits per heavy atom. The van der Waals surface area contributed by atoms with Gasteiger partial charge in [0.15, 0.2) is 0 Å². The first-order valence-corrected chi connectivity index (χ1v) is 14.3. The van der Waals surface area contributed by atoms with E-state index < -0.39 is 35.0 Å². The standard InChI is InChI=1S/C31H43N3O6/c1-7-11-19-39-29(38)25-24-27(36)34(17-18-35)26(31(24)20-21(5)30(25,6)40-31)28(37)33(16-8-2)23-14-12-22(13-15-23)32(9-3)10-4/h7-8,12-15,21,24-26,35H,1-2,9-11,16-20H2,3-6H3/t21?,24-,25+,26?,30-,31?/m0/s1. The summed E-state index contributed by atoms with van der Waals surface area (Å²) in [7, 11) is 0.